The van der Waals surface area contributed by atoms with E-state index in [9.17, 15) is 13.2 Å². The topological polar surface area (TPSA) is 83.7 Å². The largest absolute Gasteiger partial charge is 0.355 e. The second kappa shape index (κ2) is 5.96. The molecular weight excluding hydrogens is 342 g/mol. The predicted octanol–water partition coefficient (Wildman–Crippen LogP) is 0.895. The van der Waals surface area contributed by atoms with E-state index in [0.717, 1.165) is 5.56 Å². The number of rotatable bonds is 2. The predicted molar refractivity (Wildman–Crippen MR) is 91.8 cm³/mol. The zero-order valence-electron chi connectivity index (χ0n) is 13.8. The Kier molecular flexibility index (Phi) is 3.88. The molecule has 2 atom stereocenters. The summed E-state index contributed by atoms with van der Waals surface area (Å²) in [5.41, 5.74) is 1.15. The Bertz CT molecular complexity index is 894. The third kappa shape index (κ3) is 2.85. The van der Waals surface area contributed by atoms with E-state index in [1.165, 1.54) is 6.20 Å². The van der Waals surface area contributed by atoms with E-state index >= 15 is 0 Å². The summed E-state index contributed by atoms with van der Waals surface area (Å²) in [5, 5.41) is 3.79. The van der Waals surface area contributed by atoms with Crippen LogP contribution in [0.4, 0.5) is 0 Å². The highest BCUT2D eigenvalue weighted by Crippen LogP contribution is 2.30. The number of carbonyl (C=O) groups excluding carboxylic acids is 1. The Morgan fingerprint density at radius 1 is 1.16 bits per heavy atom. The molecule has 7 nitrogen and oxygen atoms in total. The fraction of sp³-hybridized carbons (Fsp3) is 0.412. The lowest BCUT2D eigenvalue weighted by Crippen LogP contribution is -2.59. The fourth-order valence-electron chi connectivity index (χ4n) is 3.72. The lowest BCUT2D eigenvalue weighted by atomic mass is 10.0. The number of fused-ring (bicyclic) bond motifs is 1. The number of aromatic nitrogens is 1. The number of nitrogens with zero attached hydrogens (tertiary/aromatic N) is 3. The molecule has 1 aromatic carbocycles. The standard InChI is InChI=1S/C17H19N3O4S/c1-19-7-8-20(15-11-25(22,23)10-14(15)19)17(21)13-9-18-24-16(13)12-5-3-2-4-6-12/h2-6,9,14-15H,7-8,10-11H2,1H3/t14-,15+/m0/s1. The van der Waals surface area contributed by atoms with Crippen molar-refractivity contribution in [2.75, 3.05) is 31.6 Å². The van der Waals surface area contributed by atoms with Crippen LogP contribution in [0.1, 0.15) is 10.4 Å². The van der Waals surface area contributed by atoms with Crippen LogP contribution in [0.2, 0.25) is 0 Å². The van der Waals surface area contributed by atoms with Gasteiger partial charge in [-0.1, -0.05) is 35.5 Å². The van der Waals surface area contributed by atoms with Gasteiger partial charge in [0.2, 0.25) is 0 Å². The third-order valence-electron chi connectivity index (χ3n) is 5.05. The molecule has 2 saturated heterocycles. The molecular formula is C17H19N3O4S. The highest BCUT2D eigenvalue weighted by molar-refractivity contribution is 7.91. The zero-order chi connectivity index (χ0) is 17.6. The molecule has 3 heterocycles. The molecule has 1 amide bonds. The molecule has 0 saturated carbocycles. The molecule has 2 aliphatic heterocycles. The van der Waals surface area contributed by atoms with Crippen molar-refractivity contribution in [2.24, 2.45) is 0 Å². The molecule has 0 spiro atoms. The highest BCUT2D eigenvalue weighted by atomic mass is 32.2. The fourth-order valence-corrected chi connectivity index (χ4v) is 5.78. The maximum absolute atomic E-state index is 13.1. The third-order valence-corrected chi connectivity index (χ3v) is 6.75. The summed E-state index contributed by atoms with van der Waals surface area (Å²) in [6.07, 6.45) is 1.42. The van der Waals surface area contributed by atoms with Crippen molar-refractivity contribution in [3.05, 3.63) is 42.1 Å². The van der Waals surface area contributed by atoms with Gasteiger partial charge in [0.25, 0.3) is 5.91 Å². The molecule has 8 heteroatoms. The van der Waals surface area contributed by atoms with Gasteiger partial charge in [0.05, 0.1) is 23.7 Å². The number of piperazine rings is 1. The highest BCUT2D eigenvalue weighted by Gasteiger charge is 2.47. The second-order valence-electron chi connectivity index (χ2n) is 6.63. The van der Waals surface area contributed by atoms with Crippen molar-refractivity contribution in [2.45, 2.75) is 12.1 Å². The van der Waals surface area contributed by atoms with E-state index < -0.39 is 9.84 Å². The van der Waals surface area contributed by atoms with E-state index in [-0.39, 0.29) is 29.5 Å². The van der Waals surface area contributed by atoms with Crippen molar-refractivity contribution in [3.8, 4) is 11.3 Å². The molecule has 0 N–H and O–H groups in total. The Morgan fingerprint density at radius 2 is 1.88 bits per heavy atom. The summed E-state index contributed by atoms with van der Waals surface area (Å²) in [5.74, 6) is 0.314. The van der Waals surface area contributed by atoms with Crippen molar-refractivity contribution in [3.63, 3.8) is 0 Å². The average molecular weight is 361 g/mol. The molecule has 2 aliphatic rings. The van der Waals surface area contributed by atoms with Crippen LogP contribution in [0.3, 0.4) is 0 Å². The van der Waals surface area contributed by atoms with E-state index in [2.05, 4.69) is 5.16 Å². The van der Waals surface area contributed by atoms with Crippen LogP contribution in [0, 0.1) is 0 Å². The van der Waals surface area contributed by atoms with Crippen LogP contribution >= 0.6 is 0 Å². The van der Waals surface area contributed by atoms with Gasteiger partial charge in [0, 0.05) is 24.7 Å². The lowest BCUT2D eigenvalue weighted by molar-refractivity contribution is 0.0410. The van der Waals surface area contributed by atoms with Crippen molar-refractivity contribution >= 4 is 15.7 Å². The Balaban J connectivity index is 1.67. The Morgan fingerprint density at radius 3 is 2.64 bits per heavy atom. The number of sulfone groups is 1. The smallest absolute Gasteiger partial charge is 0.259 e. The minimum absolute atomic E-state index is 0.0136. The van der Waals surface area contributed by atoms with Gasteiger partial charge in [0.15, 0.2) is 15.6 Å². The molecule has 2 aromatic rings. The molecule has 25 heavy (non-hydrogen) atoms. The second-order valence-corrected chi connectivity index (χ2v) is 8.78. The SMILES string of the molecule is CN1CCN(C(=O)c2cnoc2-c2ccccc2)[C@@H]2CS(=O)(=O)C[C@@H]21. The molecule has 0 unspecified atom stereocenters. The lowest BCUT2D eigenvalue weighted by Gasteiger charge is -2.42. The van der Waals surface area contributed by atoms with Crippen molar-refractivity contribution < 1.29 is 17.7 Å². The molecule has 4 rings (SSSR count). The summed E-state index contributed by atoms with van der Waals surface area (Å²) in [6, 6.07) is 8.84. The molecule has 0 radical (unpaired) electrons. The van der Waals surface area contributed by atoms with Crippen LogP contribution in [0.15, 0.2) is 41.1 Å². The minimum Gasteiger partial charge on any atom is -0.355 e. The van der Waals surface area contributed by atoms with E-state index in [1.807, 2.05) is 42.3 Å². The summed E-state index contributed by atoms with van der Waals surface area (Å²) < 4.78 is 29.5. The summed E-state index contributed by atoms with van der Waals surface area (Å²) in [4.78, 5) is 16.8. The van der Waals surface area contributed by atoms with Gasteiger partial charge in [-0.25, -0.2) is 8.42 Å². The maximum atomic E-state index is 13.1. The molecule has 1 aromatic heterocycles. The zero-order valence-corrected chi connectivity index (χ0v) is 14.6. The summed E-state index contributed by atoms with van der Waals surface area (Å²) in [6.45, 7) is 1.14. The van der Waals surface area contributed by atoms with Gasteiger partial charge in [-0.15, -0.1) is 0 Å². The number of carbonyl (C=O) groups is 1. The first-order chi connectivity index (χ1) is 12.0. The molecule has 0 bridgehead atoms. The van der Waals surface area contributed by atoms with Crippen LogP contribution in [0.25, 0.3) is 11.3 Å². The van der Waals surface area contributed by atoms with Crippen LogP contribution < -0.4 is 0 Å². The van der Waals surface area contributed by atoms with Crippen molar-refractivity contribution in [1.82, 2.24) is 15.0 Å². The quantitative estimate of drug-likeness (QED) is 0.790. The van der Waals surface area contributed by atoms with Gasteiger partial charge >= 0.3 is 0 Å². The van der Waals surface area contributed by atoms with E-state index in [0.29, 0.717) is 24.4 Å². The monoisotopic (exact) mass is 361 g/mol. The Labute approximate surface area is 146 Å². The number of likely N-dealkylation sites (N-methyl/N-ethyl adjacent to an activating group) is 1. The van der Waals surface area contributed by atoms with Crippen LogP contribution in [-0.4, -0.2) is 73.0 Å². The Hall–Kier alpha value is -2.19. The first kappa shape index (κ1) is 16.3. The first-order valence-corrected chi connectivity index (χ1v) is 10.00. The molecule has 0 aliphatic carbocycles. The van der Waals surface area contributed by atoms with Gasteiger partial charge in [-0.05, 0) is 7.05 Å². The number of benzene rings is 1. The van der Waals surface area contributed by atoms with Crippen LogP contribution in [-0.2, 0) is 9.84 Å². The summed E-state index contributed by atoms with van der Waals surface area (Å²) in [7, 11) is -1.22. The summed E-state index contributed by atoms with van der Waals surface area (Å²) >= 11 is 0. The maximum Gasteiger partial charge on any atom is 0.259 e. The minimum atomic E-state index is -3.13. The molecule has 2 fully saturated rings. The van der Waals surface area contributed by atoms with E-state index in [1.54, 1.807) is 4.90 Å². The van der Waals surface area contributed by atoms with Gasteiger partial charge in [-0.2, -0.15) is 0 Å². The average Bonchev–Trinajstić information content (AvgIpc) is 3.19. The molecule has 132 valence electrons. The van der Waals surface area contributed by atoms with Gasteiger partial charge in [0.1, 0.15) is 5.56 Å². The normalized spacial score (nSPS) is 25.7. The van der Waals surface area contributed by atoms with Gasteiger partial charge < -0.3 is 9.42 Å². The number of hydrogen-bond acceptors (Lipinski definition) is 6. The van der Waals surface area contributed by atoms with Gasteiger partial charge in [-0.3, -0.25) is 9.69 Å². The first-order valence-electron chi connectivity index (χ1n) is 8.18. The number of hydrogen-bond donors (Lipinski definition) is 0. The van der Waals surface area contributed by atoms with E-state index in [4.69, 9.17) is 4.52 Å². The van der Waals surface area contributed by atoms with Crippen LogP contribution in [0.5, 0.6) is 0 Å². The number of amides is 1. The van der Waals surface area contributed by atoms with Crippen molar-refractivity contribution in [1.29, 1.82) is 0 Å².